The lowest BCUT2D eigenvalue weighted by Crippen LogP contribution is -2.01. The summed E-state index contributed by atoms with van der Waals surface area (Å²) >= 11 is 0. The summed E-state index contributed by atoms with van der Waals surface area (Å²) in [6.45, 7) is 2.96. The molecular formula is C14H17N3. The summed E-state index contributed by atoms with van der Waals surface area (Å²) in [6.07, 6.45) is 7.04. The van der Waals surface area contributed by atoms with E-state index < -0.39 is 0 Å². The highest BCUT2D eigenvalue weighted by atomic mass is 14.9. The lowest BCUT2D eigenvalue weighted by atomic mass is 10.1. The summed E-state index contributed by atoms with van der Waals surface area (Å²) in [7, 11) is 0. The zero-order valence-corrected chi connectivity index (χ0v) is 9.98. The lowest BCUT2D eigenvalue weighted by molar-refractivity contribution is 1.07. The van der Waals surface area contributed by atoms with Crippen LogP contribution in [0.2, 0.25) is 0 Å². The molecule has 0 bridgehead atoms. The number of nitrogens with one attached hydrogen (secondary N) is 1. The van der Waals surface area contributed by atoms with Gasteiger partial charge in [-0.15, -0.1) is 0 Å². The van der Waals surface area contributed by atoms with Crippen molar-refractivity contribution in [3.05, 3.63) is 42.6 Å². The minimum Gasteiger partial charge on any atom is -0.399 e. The van der Waals surface area contributed by atoms with Crippen LogP contribution in [0.5, 0.6) is 0 Å². The smallest absolute Gasteiger partial charge is 0.0743 e. The minimum atomic E-state index is 0.746. The van der Waals surface area contributed by atoms with Crippen LogP contribution in [-0.2, 0) is 0 Å². The summed E-state index contributed by atoms with van der Waals surface area (Å²) in [6, 6.07) is 7.80. The van der Waals surface area contributed by atoms with Crippen LogP contribution in [0.15, 0.2) is 42.6 Å². The standard InChI is InChI=1S/C14H17N3/c1-2-3-4-8-16-13-7-9-17-14-10-11(15)5-6-12(13)14/h2-3,5-7,9-10H,4,8,15H2,1H3,(H,16,17)/b3-2+. The van der Waals surface area contributed by atoms with E-state index in [-0.39, 0.29) is 0 Å². The van der Waals surface area contributed by atoms with E-state index in [0.717, 1.165) is 35.2 Å². The number of allylic oxidation sites excluding steroid dienone is 1. The topological polar surface area (TPSA) is 50.9 Å². The highest BCUT2D eigenvalue weighted by molar-refractivity contribution is 5.92. The molecule has 2 rings (SSSR count). The zero-order chi connectivity index (χ0) is 12.1. The Kier molecular flexibility index (Phi) is 3.60. The van der Waals surface area contributed by atoms with Crippen molar-refractivity contribution in [2.45, 2.75) is 13.3 Å². The van der Waals surface area contributed by atoms with E-state index in [1.165, 1.54) is 0 Å². The highest BCUT2D eigenvalue weighted by Gasteiger charge is 2.00. The molecule has 0 atom stereocenters. The van der Waals surface area contributed by atoms with Crippen molar-refractivity contribution in [1.82, 2.24) is 4.98 Å². The first-order chi connectivity index (χ1) is 8.31. The van der Waals surface area contributed by atoms with Gasteiger partial charge in [0.15, 0.2) is 0 Å². The maximum Gasteiger partial charge on any atom is 0.0743 e. The van der Waals surface area contributed by atoms with Crippen LogP contribution in [0.25, 0.3) is 10.9 Å². The fraction of sp³-hybridized carbons (Fsp3) is 0.214. The molecule has 0 aliphatic rings. The van der Waals surface area contributed by atoms with Gasteiger partial charge in [-0.3, -0.25) is 4.98 Å². The van der Waals surface area contributed by atoms with Gasteiger partial charge in [-0.25, -0.2) is 0 Å². The Morgan fingerprint density at radius 2 is 2.24 bits per heavy atom. The summed E-state index contributed by atoms with van der Waals surface area (Å²) in [5, 5.41) is 4.52. The first-order valence-corrected chi connectivity index (χ1v) is 5.80. The Morgan fingerprint density at radius 3 is 3.06 bits per heavy atom. The zero-order valence-electron chi connectivity index (χ0n) is 9.98. The second-order valence-corrected chi connectivity index (χ2v) is 3.92. The predicted molar refractivity (Wildman–Crippen MR) is 74.1 cm³/mol. The van der Waals surface area contributed by atoms with E-state index in [4.69, 9.17) is 5.73 Å². The number of pyridine rings is 1. The summed E-state index contributed by atoms with van der Waals surface area (Å²) in [5.41, 5.74) is 8.53. The summed E-state index contributed by atoms with van der Waals surface area (Å²) in [4.78, 5) is 4.31. The fourth-order valence-corrected chi connectivity index (χ4v) is 1.78. The van der Waals surface area contributed by atoms with E-state index in [1.54, 1.807) is 6.20 Å². The highest BCUT2D eigenvalue weighted by Crippen LogP contribution is 2.23. The van der Waals surface area contributed by atoms with Crippen LogP contribution >= 0.6 is 0 Å². The van der Waals surface area contributed by atoms with E-state index in [1.807, 2.05) is 31.2 Å². The maximum atomic E-state index is 5.74. The Balaban J connectivity index is 2.22. The van der Waals surface area contributed by atoms with E-state index in [0.29, 0.717) is 0 Å². The molecule has 17 heavy (non-hydrogen) atoms. The fourth-order valence-electron chi connectivity index (χ4n) is 1.78. The first-order valence-electron chi connectivity index (χ1n) is 5.80. The molecular weight excluding hydrogens is 210 g/mol. The normalized spacial score (nSPS) is 11.1. The van der Waals surface area contributed by atoms with Crippen molar-refractivity contribution in [1.29, 1.82) is 0 Å². The molecule has 3 N–H and O–H groups in total. The van der Waals surface area contributed by atoms with Crippen molar-refractivity contribution in [2.24, 2.45) is 0 Å². The van der Waals surface area contributed by atoms with Crippen molar-refractivity contribution in [3.63, 3.8) is 0 Å². The van der Waals surface area contributed by atoms with Gasteiger partial charge >= 0.3 is 0 Å². The molecule has 2 aromatic rings. The molecule has 0 radical (unpaired) electrons. The minimum absolute atomic E-state index is 0.746. The number of nitrogen functional groups attached to an aromatic ring is 1. The maximum absolute atomic E-state index is 5.74. The number of benzene rings is 1. The van der Waals surface area contributed by atoms with Gasteiger partial charge in [-0.05, 0) is 37.6 Å². The average Bonchev–Trinajstić information content (AvgIpc) is 2.34. The van der Waals surface area contributed by atoms with Crippen molar-refractivity contribution in [2.75, 3.05) is 17.6 Å². The number of aromatic nitrogens is 1. The monoisotopic (exact) mass is 227 g/mol. The SMILES string of the molecule is C/C=C/CCNc1ccnc2cc(N)ccc12. The van der Waals surface area contributed by atoms with Gasteiger partial charge in [-0.1, -0.05) is 12.2 Å². The van der Waals surface area contributed by atoms with Gasteiger partial charge in [0.1, 0.15) is 0 Å². The molecule has 0 saturated heterocycles. The van der Waals surface area contributed by atoms with Crippen molar-refractivity contribution >= 4 is 22.3 Å². The molecule has 0 spiro atoms. The summed E-state index contributed by atoms with van der Waals surface area (Å²) < 4.78 is 0. The second-order valence-electron chi connectivity index (χ2n) is 3.92. The largest absolute Gasteiger partial charge is 0.399 e. The van der Waals surface area contributed by atoms with Crippen LogP contribution < -0.4 is 11.1 Å². The molecule has 0 aliphatic heterocycles. The third-order valence-corrected chi connectivity index (χ3v) is 2.63. The number of nitrogens with zero attached hydrogens (tertiary/aromatic N) is 1. The number of rotatable bonds is 4. The van der Waals surface area contributed by atoms with Crippen LogP contribution in [-0.4, -0.2) is 11.5 Å². The van der Waals surface area contributed by atoms with Gasteiger partial charge < -0.3 is 11.1 Å². The van der Waals surface area contributed by atoms with Gasteiger partial charge in [0.05, 0.1) is 5.52 Å². The molecule has 1 aromatic carbocycles. The van der Waals surface area contributed by atoms with Gasteiger partial charge in [0.25, 0.3) is 0 Å². The molecule has 0 aliphatic carbocycles. The molecule has 1 aromatic heterocycles. The predicted octanol–water partition coefficient (Wildman–Crippen LogP) is 3.20. The van der Waals surface area contributed by atoms with Crippen LogP contribution in [0.1, 0.15) is 13.3 Å². The lowest BCUT2D eigenvalue weighted by Gasteiger charge is -2.08. The Hall–Kier alpha value is -2.03. The van der Waals surface area contributed by atoms with E-state index in [2.05, 4.69) is 22.5 Å². The van der Waals surface area contributed by atoms with Crippen LogP contribution in [0.3, 0.4) is 0 Å². The van der Waals surface area contributed by atoms with Gasteiger partial charge in [0.2, 0.25) is 0 Å². The molecule has 0 fully saturated rings. The summed E-state index contributed by atoms with van der Waals surface area (Å²) in [5.74, 6) is 0. The average molecular weight is 227 g/mol. The van der Waals surface area contributed by atoms with E-state index >= 15 is 0 Å². The van der Waals surface area contributed by atoms with Crippen molar-refractivity contribution < 1.29 is 0 Å². The molecule has 0 saturated carbocycles. The van der Waals surface area contributed by atoms with Gasteiger partial charge in [0, 0.05) is 29.5 Å². The molecule has 0 amide bonds. The Bertz CT molecular complexity index is 532. The molecule has 3 heteroatoms. The molecule has 3 nitrogen and oxygen atoms in total. The third kappa shape index (κ3) is 2.75. The third-order valence-electron chi connectivity index (χ3n) is 2.63. The molecule has 1 heterocycles. The molecule has 0 unspecified atom stereocenters. The number of hydrogen-bond acceptors (Lipinski definition) is 3. The second kappa shape index (κ2) is 5.34. The van der Waals surface area contributed by atoms with Crippen LogP contribution in [0, 0.1) is 0 Å². The number of hydrogen-bond donors (Lipinski definition) is 2. The number of nitrogens with two attached hydrogens (primary N) is 1. The number of fused-ring (bicyclic) bond motifs is 1. The molecule has 88 valence electrons. The van der Waals surface area contributed by atoms with Crippen LogP contribution in [0.4, 0.5) is 11.4 Å². The Labute approximate surface area is 101 Å². The number of anilines is 2. The van der Waals surface area contributed by atoms with Crippen molar-refractivity contribution in [3.8, 4) is 0 Å². The van der Waals surface area contributed by atoms with E-state index in [9.17, 15) is 0 Å². The first kappa shape index (κ1) is 11.5. The Morgan fingerprint density at radius 1 is 1.35 bits per heavy atom. The van der Waals surface area contributed by atoms with Gasteiger partial charge in [-0.2, -0.15) is 0 Å². The quantitative estimate of drug-likeness (QED) is 0.479.